The molecule has 0 spiro atoms. The van der Waals surface area contributed by atoms with E-state index in [1.165, 1.54) is 0 Å². The molecule has 0 N–H and O–H groups in total. The Labute approximate surface area is 176 Å². The van der Waals surface area contributed by atoms with E-state index >= 15 is 0 Å². The van der Waals surface area contributed by atoms with Crippen molar-refractivity contribution in [3.05, 3.63) is 0 Å². The fourth-order valence-corrected chi connectivity index (χ4v) is 4.40. The number of halogens is 1. The van der Waals surface area contributed by atoms with Crippen LogP contribution in [0.4, 0.5) is 0 Å². The van der Waals surface area contributed by atoms with Crippen molar-refractivity contribution in [2.75, 3.05) is 0 Å². The van der Waals surface area contributed by atoms with Crippen molar-refractivity contribution in [1.29, 1.82) is 0 Å². The highest BCUT2D eigenvalue weighted by Gasteiger charge is 2.48. The summed E-state index contributed by atoms with van der Waals surface area (Å²) in [6, 6.07) is 0. The molecule has 2 rings (SSSR count). The largest absolute Gasteiger partial charge is 0.462 e. The SMILES string of the molecule is CC(C)(I)C(=O)OC1CCCC(C(=O)OC2CC(C)(C)N([O])C(C)(C)C2)C1. The van der Waals surface area contributed by atoms with Gasteiger partial charge in [0.2, 0.25) is 0 Å². The van der Waals surface area contributed by atoms with E-state index < -0.39 is 14.5 Å². The molecule has 2 atom stereocenters. The Morgan fingerprint density at radius 2 is 1.56 bits per heavy atom. The molecule has 2 fully saturated rings. The van der Waals surface area contributed by atoms with Crippen molar-refractivity contribution in [2.24, 2.45) is 5.92 Å². The fourth-order valence-electron chi connectivity index (χ4n) is 4.27. The van der Waals surface area contributed by atoms with E-state index in [1.807, 2.05) is 41.5 Å². The molecule has 1 aliphatic carbocycles. The molecule has 1 saturated heterocycles. The Morgan fingerprint density at radius 3 is 2.07 bits per heavy atom. The minimum Gasteiger partial charge on any atom is -0.462 e. The third-order valence-corrected chi connectivity index (χ3v) is 6.00. The van der Waals surface area contributed by atoms with Gasteiger partial charge >= 0.3 is 11.9 Å². The first-order chi connectivity index (χ1) is 12.2. The molecule has 7 heteroatoms. The smallest absolute Gasteiger partial charge is 0.321 e. The first-order valence-electron chi connectivity index (χ1n) is 9.80. The molecular formula is C20H33INO5. The summed E-state index contributed by atoms with van der Waals surface area (Å²) in [5, 5.41) is 13.6. The minimum absolute atomic E-state index is 0.222. The molecule has 1 heterocycles. The van der Waals surface area contributed by atoms with Crippen LogP contribution in [-0.4, -0.2) is 43.7 Å². The highest BCUT2D eigenvalue weighted by atomic mass is 127. The Hall–Kier alpha value is -0.410. The molecule has 0 aromatic carbocycles. The maximum Gasteiger partial charge on any atom is 0.321 e. The normalized spacial score (nSPS) is 29.2. The third kappa shape index (κ3) is 5.79. The minimum atomic E-state index is -0.575. The van der Waals surface area contributed by atoms with Crippen LogP contribution in [0.15, 0.2) is 0 Å². The Morgan fingerprint density at radius 1 is 1.00 bits per heavy atom. The summed E-state index contributed by atoms with van der Waals surface area (Å²) in [5.74, 6) is -0.709. The number of hydrogen-bond acceptors (Lipinski definition) is 5. The number of ether oxygens (including phenoxy) is 2. The molecule has 6 nitrogen and oxygen atoms in total. The van der Waals surface area contributed by atoms with Gasteiger partial charge in [0.15, 0.2) is 0 Å². The van der Waals surface area contributed by atoms with Crippen molar-refractivity contribution in [3.63, 3.8) is 0 Å². The average Bonchev–Trinajstić information content (AvgIpc) is 2.51. The number of hydroxylamine groups is 2. The second kappa shape index (κ2) is 8.14. The molecule has 0 aromatic rings. The molecule has 1 aliphatic heterocycles. The van der Waals surface area contributed by atoms with Crippen LogP contribution in [0.2, 0.25) is 0 Å². The summed E-state index contributed by atoms with van der Waals surface area (Å²) < 4.78 is 10.9. The molecule has 1 saturated carbocycles. The topological polar surface area (TPSA) is 75.7 Å². The molecule has 27 heavy (non-hydrogen) atoms. The Bertz CT molecular complexity index is 551. The van der Waals surface area contributed by atoms with Crippen LogP contribution in [0.3, 0.4) is 0 Å². The highest BCUT2D eigenvalue weighted by Crippen LogP contribution is 2.39. The molecule has 2 unspecified atom stereocenters. The van der Waals surface area contributed by atoms with Gasteiger partial charge in [-0.15, -0.1) is 10.3 Å². The van der Waals surface area contributed by atoms with Crippen molar-refractivity contribution in [3.8, 4) is 0 Å². The second-order valence-electron chi connectivity index (χ2n) is 9.75. The summed E-state index contributed by atoms with van der Waals surface area (Å²) in [4.78, 5) is 24.9. The molecule has 2 aliphatic rings. The van der Waals surface area contributed by atoms with E-state index in [4.69, 9.17) is 9.47 Å². The van der Waals surface area contributed by atoms with Gasteiger partial charge in [-0.25, -0.2) is 0 Å². The van der Waals surface area contributed by atoms with E-state index in [-0.39, 0.29) is 30.1 Å². The number of carbonyl (C=O) groups is 2. The number of hydrogen-bond donors (Lipinski definition) is 0. The monoisotopic (exact) mass is 494 g/mol. The number of esters is 2. The van der Waals surface area contributed by atoms with Crippen molar-refractivity contribution in [2.45, 2.75) is 107 Å². The predicted octanol–water partition coefficient (Wildman–Crippen LogP) is 4.21. The third-order valence-electron chi connectivity index (χ3n) is 5.56. The zero-order valence-electron chi connectivity index (χ0n) is 17.3. The van der Waals surface area contributed by atoms with E-state index in [1.54, 1.807) is 0 Å². The summed E-state index contributed by atoms with van der Waals surface area (Å²) in [6.45, 7) is 11.2. The van der Waals surface area contributed by atoms with Crippen LogP contribution >= 0.6 is 22.6 Å². The first-order valence-corrected chi connectivity index (χ1v) is 10.9. The Balaban J connectivity index is 1.94. The maximum absolute atomic E-state index is 12.7. The van der Waals surface area contributed by atoms with Gasteiger partial charge in [0, 0.05) is 23.9 Å². The van der Waals surface area contributed by atoms with Crippen LogP contribution in [0.25, 0.3) is 0 Å². The molecule has 155 valence electrons. The lowest BCUT2D eigenvalue weighted by atomic mass is 9.80. The fraction of sp³-hybridized carbons (Fsp3) is 0.900. The highest BCUT2D eigenvalue weighted by molar-refractivity contribution is 14.1. The van der Waals surface area contributed by atoms with Crippen molar-refractivity contribution >= 4 is 34.5 Å². The summed E-state index contributed by atoms with van der Waals surface area (Å²) in [5.41, 5.74) is -1.13. The molecule has 0 bridgehead atoms. The van der Waals surface area contributed by atoms with Crippen LogP contribution in [-0.2, 0) is 24.3 Å². The van der Waals surface area contributed by atoms with Crippen LogP contribution in [0.5, 0.6) is 0 Å². The van der Waals surface area contributed by atoms with Gasteiger partial charge in [-0.1, -0.05) is 22.6 Å². The molecule has 0 amide bonds. The van der Waals surface area contributed by atoms with Gasteiger partial charge in [-0.05, 0) is 67.2 Å². The van der Waals surface area contributed by atoms with E-state index in [9.17, 15) is 14.8 Å². The summed E-state index contributed by atoms with van der Waals surface area (Å²) in [7, 11) is 0. The molecule has 1 radical (unpaired) electrons. The van der Waals surface area contributed by atoms with Gasteiger partial charge in [0.1, 0.15) is 15.6 Å². The number of carbonyl (C=O) groups excluding carboxylic acids is 2. The molecular weight excluding hydrogens is 461 g/mol. The van der Waals surface area contributed by atoms with E-state index in [0.29, 0.717) is 19.3 Å². The zero-order valence-corrected chi connectivity index (χ0v) is 19.5. The van der Waals surface area contributed by atoms with Gasteiger partial charge in [-0.3, -0.25) is 9.59 Å². The Kier molecular flexibility index (Phi) is 6.90. The standard InChI is InChI=1S/C20H33INO5/c1-18(2)11-15(12-19(3,4)22(18)25)26-16(23)13-8-7-9-14(10-13)27-17(24)20(5,6)21/h13-15H,7-12H2,1-6H3. The van der Waals surface area contributed by atoms with Crippen molar-refractivity contribution in [1.82, 2.24) is 5.06 Å². The lowest BCUT2D eigenvalue weighted by Gasteiger charge is -2.49. The number of alkyl halides is 1. The van der Waals surface area contributed by atoms with E-state index in [0.717, 1.165) is 24.3 Å². The summed E-state index contributed by atoms with van der Waals surface area (Å²) >= 11 is 2.07. The van der Waals surface area contributed by atoms with Crippen LogP contribution in [0, 0.1) is 5.92 Å². The van der Waals surface area contributed by atoms with E-state index in [2.05, 4.69) is 22.6 Å². The van der Waals surface area contributed by atoms with Crippen LogP contribution < -0.4 is 0 Å². The lowest BCUT2D eigenvalue weighted by molar-refractivity contribution is -0.299. The number of piperidine rings is 1. The first kappa shape index (κ1) is 22.9. The maximum atomic E-state index is 12.7. The zero-order chi connectivity index (χ0) is 20.6. The average molecular weight is 494 g/mol. The van der Waals surface area contributed by atoms with Gasteiger partial charge in [0.25, 0.3) is 0 Å². The van der Waals surface area contributed by atoms with Gasteiger partial charge in [0.05, 0.1) is 5.92 Å². The van der Waals surface area contributed by atoms with Crippen LogP contribution in [0.1, 0.15) is 80.1 Å². The summed E-state index contributed by atoms with van der Waals surface area (Å²) in [6.07, 6.45) is 3.47. The predicted molar refractivity (Wildman–Crippen MR) is 110 cm³/mol. The molecule has 0 aromatic heterocycles. The van der Waals surface area contributed by atoms with Gasteiger partial charge < -0.3 is 9.47 Å². The quantitative estimate of drug-likeness (QED) is 0.333. The number of rotatable bonds is 4. The lowest BCUT2D eigenvalue weighted by Crippen LogP contribution is -2.60. The van der Waals surface area contributed by atoms with Gasteiger partial charge in [-0.2, -0.15) is 0 Å². The number of nitrogens with zero attached hydrogens (tertiary/aromatic N) is 1. The second-order valence-corrected chi connectivity index (χ2v) is 12.4. The van der Waals surface area contributed by atoms with Crippen molar-refractivity contribution < 1.29 is 24.3 Å².